The lowest BCUT2D eigenvalue weighted by molar-refractivity contribution is -0.119. The van der Waals surface area contributed by atoms with Crippen LogP contribution in [0.1, 0.15) is 25.0 Å². The average Bonchev–Trinajstić information content (AvgIpc) is 2.43. The summed E-state index contributed by atoms with van der Waals surface area (Å²) in [4.78, 5) is 29.7. The lowest BCUT2D eigenvalue weighted by Gasteiger charge is -2.22. The van der Waals surface area contributed by atoms with E-state index in [9.17, 15) is 9.59 Å². The van der Waals surface area contributed by atoms with Gasteiger partial charge < -0.3 is 15.0 Å². The normalized spacial score (nSPS) is 18.8. The van der Waals surface area contributed by atoms with E-state index in [4.69, 9.17) is 4.74 Å². The highest BCUT2D eigenvalue weighted by Crippen LogP contribution is 2.12. The molecule has 0 radical (unpaired) electrons. The van der Waals surface area contributed by atoms with Gasteiger partial charge in [-0.3, -0.25) is 9.59 Å². The monoisotopic (exact) mass is 297 g/mol. The maximum Gasteiger partial charge on any atom is 0.251 e. The van der Waals surface area contributed by atoms with Gasteiger partial charge in [0.1, 0.15) is 0 Å². The molecule has 1 aromatic rings. The summed E-state index contributed by atoms with van der Waals surface area (Å²) in [6, 6.07) is 1.42. The number of rotatable bonds is 5. The van der Waals surface area contributed by atoms with Crippen molar-refractivity contribution < 1.29 is 9.53 Å². The SMILES string of the molecule is Cc1cc(=O)[nH]c(SCC(=O)NC[C@@H]2CCCCO2)n1. The Hall–Kier alpha value is -1.34. The summed E-state index contributed by atoms with van der Waals surface area (Å²) in [5, 5.41) is 3.32. The number of aromatic nitrogens is 2. The minimum Gasteiger partial charge on any atom is -0.376 e. The quantitative estimate of drug-likeness (QED) is 0.622. The topological polar surface area (TPSA) is 84.1 Å². The highest BCUT2D eigenvalue weighted by Gasteiger charge is 2.14. The zero-order chi connectivity index (χ0) is 14.4. The minimum absolute atomic E-state index is 0.0756. The Morgan fingerprint density at radius 1 is 1.60 bits per heavy atom. The Morgan fingerprint density at radius 2 is 2.45 bits per heavy atom. The zero-order valence-corrected chi connectivity index (χ0v) is 12.3. The van der Waals surface area contributed by atoms with Gasteiger partial charge >= 0.3 is 0 Å². The number of amides is 1. The van der Waals surface area contributed by atoms with Crippen molar-refractivity contribution in [1.82, 2.24) is 15.3 Å². The van der Waals surface area contributed by atoms with E-state index in [-0.39, 0.29) is 23.3 Å². The molecule has 6 nitrogen and oxygen atoms in total. The number of carbonyl (C=O) groups excluding carboxylic acids is 1. The third-order valence-corrected chi connectivity index (χ3v) is 3.86. The van der Waals surface area contributed by atoms with E-state index in [1.54, 1.807) is 6.92 Å². The number of nitrogens with zero attached hydrogens (tertiary/aromatic N) is 1. The maximum absolute atomic E-state index is 11.7. The smallest absolute Gasteiger partial charge is 0.251 e. The fourth-order valence-electron chi connectivity index (χ4n) is 2.00. The Bertz CT molecular complexity index is 512. The van der Waals surface area contributed by atoms with Crippen LogP contribution >= 0.6 is 11.8 Å². The molecule has 1 amide bonds. The molecule has 110 valence electrons. The first-order valence-corrected chi connectivity index (χ1v) is 7.71. The second kappa shape index (κ2) is 7.44. The number of carbonyl (C=O) groups is 1. The Labute approximate surface area is 121 Å². The van der Waals surface area contributed by atoms with Crippen molar-refractivity contribution in [2.24, 2.45) is 0 Å². The summed E-state index contributed by atoms with van der Waals surface area (Å²) in [6.45, 7) is 3.08. The summed E-state index contributed by atoms with van der Waals surface area (Å²) < 4.78 is 5.54. The molecule has 0 saturated carbocycles. The van der Waals surface area contributed by atoms with Gasteiger partial charge in [0, 0.05) is 24.9 Å². The first kappa shape index (κ1) is 15.1. The number of aryl methyl sites for hydroxylation is 1. The van der Waals surface area contributed by atoms with E-state index < -0.39 is 0 Å². The Kier molecular flexibility index (Phi) is 5.60. The predicted molar refractivity (Wildman–Crippen MR) is 76.9 cm³/mol. The fraction of sp³-hybridized carbons (Fsp3) is 0.615. The molecule has 1 aliphatic rings. The Balaban J connectivity index is 1.72. The molecule has 0 unspecified atom stereocenters. The van der Waals surface area contributed by atoms with Crippen molar-refractivity contribution >= 4 is 17.7 Å². The molecular weight excluding hydrogens is 278 g/mol. The summed E-state index contributed by atoms with van der Waals surface area (Å²) >= 11 is 1.22. The van der Waals surface area contributed by atoms with Gasteiger partial charge in [0.2, 0.25) is 5.91 Å². The van der Waals surface area contributed by atoms with Gasteiger partial charge in [-0.05, 0) is 26.2 Å². The number of ether oxygens (including phenoxy) is 1. The molecule has 1 aliphatic heterocycles. The van der Waals surface area contributed by atoms with Crippen LogP contribution in [0.2, 0.25) is 0 Å². The van der Waals surface area contributed by atoms with Crippen LogP contribution in [-0.4, -0.2) is 40.9 Å². The highest BCUT2D eigenvalue weighted by molar-refractivity contribution is 7.99. The van der Waals surface area contributed by atoms with Crippen LogP contribution in [0.15, 0.2) is 16.0 Å². The second-order valence-electron chi connectivity index (χ2n) is 4.77. The number of H-pyrrole nitrogens is 1. The first-order chi connectivity index (χ1) is 9.63. The summed E-state index contributed by atoms with van der Waals surface area (Å²) in [5.41, 5.74) is 0.447. The maximum atomic E-state index is 11.7. The third-order valence-electron chi connectivity index (χ3n) is 2.99. The molecule has 1 saturated heterocycles. The summed E-state index contributed by atoms with van der Waals surface area (Å²) in [5.74, 6) is 0.160. The van der Waals surface area contributed by atoms with Crippen LogP contribution in [-0.2, 0) is 9.53 Å². The molecule has 0 aromatic carbocycles. The molecule has 2 rings (SSSR count). The van der Waals surface area contributed by atoms with E-state index in [1.807, 2.05) is 0 Å². The zero-order valence-electron chi connectivity index (χ0n) is 11.5. The number of aromatic amines is 1. The average molecular weight is 297 g/mol. The minimum atomic E-state index is -0.198. The van der Waals surface area contributed by atoms with Crippen LogP contribution in [0.25, 0.3) is 0 Å². The second-order valence-corrected chi connectivity index (χ2v) is 5.74. The molecule has 1 aromatic heterocycles. The summed E-state index contributed by atoms with van der Waals surface area (Å²) in [7, 11) is 0. The molecule has 1 atom stereocenters. The van der Waals surface area contributed by atoms with Crippen LogP contribution in [0, 0.1) is 6.92 Å². The van der Waals surface area contributed by atoms with E-state index in [1.165, 1.54) is 17.8 Å². The molecule has 0 aliphatic carbocycles. The molecule has 0 spiro atoms. The lowest BCUT2D eigenvalue weighted by atomic mass is 10.1. The van der Waals surface area contributed by atoms with Crippen molar-refractivity contribution in [1.29, 1.82) is 0 Å². The van der Waals surface area contributed by atoms with Gasteiger partial charge in [-0.15, -0.1) is 0 Å². The van der Waals surface area contributed by atoms with Gasteiger partial charge in [0.25, 0.3) is 5.56 Å². The fourth-order valence-corrected chi connectivity index (χ4v) is 2.75. The van der Waals surface area contributed by atoms with E-state index >= 15 is 0 Å². The first-order valence-electron chi connectivity index (χ1n) is 6.72. The van der Waals surface area contributed by atoms with E-state index in [0.29, 0.717) is 17.4 Å². The molecule has 20 heavy (non-hydrogen) atoms. The largest absolute Gasteiger partial charge is 0.376 e. The van der Waals surface area contributed by atoms with Crippen LogP contribution in [0.5, 0.6) is 0 Å². The predicted octanol–water partition coefficient (Wildman–Crippen LogP) is 0.856. The highest BCUT2D eigenvalue weighted by atomic mass is 32.2. The van der Waals surface area contributed by atoms with Gasteiger partial charge in [0.05, 0.1) is 11.9 Å². The number of nitrogens with one attached hydrogen (secondary N) is 2. The lowest BCUT2D eigenvalue weighted by Crippen LogP contribution is -2.36. The number of hydrogen-bond acceptors (Lipinski definition) is 5. The van der Waals surface area contributed by atoms with Gasteiger partial charge in [-0.25, -0.2) is 4.98 Å². The van der Waals surface area contributed by atoms with Gasteiger partial charge in [-0.1, -0.05) is 11.8 Å². The van der Waals surface area contributed by atoms with Crippen molar-refractivity contribution in [2.45, 2.75) is 37.4 Å². The number of hydrogen-bond donors (Lipinski definition) is 2. The molecule has 0 bridgehead atoms. The number of thioether (sulfide) groups is 1. The molecule has 7 heteroatoms. The standard InChI is InChI=1S/C13H19N3O3S/c1-9-6-11(17)16-13(15-9)20-8-12(18)14-7-10-4-2-3-5-19-10/h6,10H,2-5,7-8H2,1H3,(H,14,18)(H,15,16,17)/t10-/m0/s1. The molecular formula is C13H19N3O3S. The van der Waals surface area contributed by atoms with Crippen molar-refractivity contribution in [3.05, 3.63) is 22.1 Å². The Morgan fingerprint density at radius 3 is 3.15 bits per heavy atom. The summed E-state index contributed by atoms with van der Waals surface area (Å²) in [6.07, 6.45) is 3.39. The van der Waals surface area contributed by atoms with E-state index in [2.05, 4.69) is 15.3 Å². The van der Waals surface area contributed by atoms with Gasteiger partial charge in [-0.2, -0.15) is 0 Å². The van der Waals surface area contributed by atoms with Crippen molar-refractivity contribution in [2.75, 3.05) is 18.9 Å². The van der Waals surface area contributed by atoms with Gasteiger partial charge in [0.15, 0.2) is 5.16 Å². The van der Waals surface area contributed by atoms with Crippen molar-refractivity contribution in [3.8, 4) is 0 Å². The van der Waals surface area contributed by atoms with Crippen LogP contribution < -0.4 is 10.9 Å². The van der Waals surface area contributed by atoms with Crippen LogP contribution in [0.4, 0.5) is 0 Å². The molecule has 1 fully saturated rings. The van der Waals surface area contributed by atoms with E-state index in [0.717, 1.165) is 25.9 Å². The third kappa shape index (κ3) is 4.97. The molecule has 2 heterocycles. The van der Waals surface area contributed by atoms with Crippen LogP contribution in [0.3, 0.4) is 0 Å². The van der Waals surface area contributed by atoms with Crippen molar-refractivity contribution in [3.63, 3.8) is 0 Å². The molecule has 2 N–H and O–H groups in total.